The molecule has 66 valence electrons. The minimum Gasteiger partial charge on any atom is -0.504 e. The van der Waals surface area contributed by atoms with Gasteiger partial charge in [-0.2, -0.15) is 0 Å². The Morgan fingerprint density at radius 3 is 2.33 bits per heavy atom. The molecule has 0 aromatic carbocycles. The van der Waals surface area contributed by atoms with Crippen molar-refractivity contribution in [1.29, 1.82) is 0 Å². The molecule has 2 N–H and O–H groups in total. The standard InChI is InChI=1S/C10H14O2/c1-6(2)8-5-4-7(3)9(11)10(8)12/h4,11-12H,5H2,1-3H3. The molecule has 0 radical (unpaired) electrons. The van der Waals surface area contributed by atoms with Gasteiger partial charge in [-0.05, 0) is 32.8 Å². The first-order valence-electron chi connectivity index (χ1n) is 4.00. The molecule has 0 unspecified atom stereocenters. The van der Waals surface area contributed by atoms with E-state index in [4.69, 9.17) is 0 Å². The molecule has 0 saturated heterocycles. The summed E-state index contributed by atoms with van der Waals surface area (Å²) in [6.45, 7) is 5.63. The largest absolute Gasteiger partial charge is 0.504 e. The molecule has 0 aromatic heterocycles. The predicted octanol–water partition coefficient (Wildman–Crippen LogP) is 3.00. The van der Waals surface area contributed by atoms with Crippen molar-refractivity contribution in [2.75, 3.05) is 0 Å². The van der Waals surface area contributed by atoms with E-state index < -0.39 is 0 Å². The van der Waals surface area contributed by atoms with Gasteiger partial charge in [-0.3, -0.25) is 0 Å². The van der Waals surface area contributed by atoms with Crippen LogP contribution in [0, 0.1) is 0 Å². The SMILES string of the molecule is CC1=CCC(=C(C)C)C(O)=C1O. The second-order valence-electron chi connectivity index (χ2n) is 3.27. The molecule has 2 heteroatoms. The number of allylic oxidation sites excluding steroid dienone is 4. The zero-order valence-corrected chi connectivity index (χ0v) is 7.68. The highest BCUT2D eigenvalue weighted by Crippen LogP contribution is 2.27. The Kier molecular flexibility index (Phi) is 2.27. The average Bonchev–Trinajstić information content (AvgIpc) is 2.00. The molecule has 0 aliphatic heterocycles. The Morgan fingerprint density at radius 1 is 1.25 bits per heavy atom. The van der Waals surface area contributed by atoms with Crippen LogP contribution in [0.3, 0.4) is 0 Å². The van der Waals surface area contributed by atoms with E-state index in [0.717, 1.165) is 16.7 Å². The third-order valence-corrected chi connectivity index (χ3v) is 2.10. The summed E-state index contributed by atoms with van der Waals surface area (Å²) in [6, 6.07) is 0. The monoisotopic (exact) mass is 166 g/mol. The van der Waals surface area contributed by atoms with E-state index in [2.05, 4.69) is 0 Å². The van der Waals surface area contributed by atoms with Crippen molar-refractivity contribution in [3.63, 3.8) is 0 Å². The molecular formula is C10H14O2. The molecule has 0 amide bonds. The van der Waals surface area contributed by atoms with Gasteiger partial charge in [-0.1, -0.05) is 11.6 Å². The lowest BCUT2D eigenvalue weighted by atomic mass is 9.96. The Labute approximate surface area is 72.5 Å². The molecule has 0 aromatic rings. The lowest BCUT2D eigenvalue weighted by molar-refractivity contribution is 0.335. The minimum absolute atomic E-state index is 0.0115. The van der Waals surface area contributed by atoms with Crippen LogP contribution in [-0.4, -0.2) is 10.2 Å². The summed E-state index contributed by atoms with van der Waals surface area (Å²) in [5, 5.41) is 18.9. The van der Waals surface area contributed by atoms with Crippen molar-refractivity contribution in [3.05, 3.63) is 34.3 Å². The first-order valence-corrected chi connectivity index (χ1v) is 4.00. The van der Waals surface area contributed by atoms with Gasteiger partial charge in [0.05, 0.1) is 0 Å². The fourth-order valence-corrected chi connectivity index (χ4v) is 1.22. The van der Waals surface area contributed by atoms with Crippen LogP contribution in [0.5, 0.6) is 0 Å². The van der Waals surface area contributed by atoms with Crippen molar-refractivity contribution in [3.8, 4) is 0 Å². The molecule has 0 fully saturated rings. The van der Waals surface area contributed by atoms with Gasteiger partial charge in [0.1, 0.15) is 0 Å². The highest BCUT2D eigenvalue weighted by Gasteiger charge is 2.16. The third-order valence-electron chi connectivity index (χ3n) is 2.10. The van der Waals surface area contributed by atoms with E-state index in [0.29, 0.717) is 6.42 Å². The number of hydrogen-bond donors (Lipinski definition) is 2. The number of rotatable bonds is 0. The summed E-state index contributed by atoms with van der Waals surface area (Å²) in [7, 11) is 0. The molecule has 2 nitrogen and oxygen atoms in total. The van der Waals surface area contributed by atoms with Gasteiger partial charge in [0, 0.05) is 5.57 Å². The number of hydrogen-bond acceptors (Lipinski definition) is 2. The number of aliphatic hydroxyl groups excluding tert-OH is 2. The normalized spacial score (nSPS) is 17.9. The van der Waals surface area contributed by atoms with Crippen molar-refractivity contribution < 1.29 is 10.2 Å². The lowest BCUT2D eigenvalue weighted by Crippen LogP contribution is -2.02. The van der Waals surface area contributed by atoms with E-state index in [9.17, 15) is 10.2 Å². The number of aliphatic hydroxyl groups is 2. The van der Waals surface area contributed by atoms with Gasteiger partial charge in [0.25, 0.3) is 0 Å². The van der Waals surface area contributed by atoms with Gasteiger partial charge in [-0.15, -0.1) is 0 Å². The van der Waals surface area contributed by atoms with Crippen LogP contribution in [0.25, 0.3) is 0 Å². The average molecular weight is 166 g/mol. The molecule has 1 rings (SSSR count). The fraction of sp³-hybridized carbons (Fsp3) is 0.400. The van der Waals surface area contributed by atoms with Crippen LogP contribution in [0.15, 0.2) is 34.3 Å². The second-order valence-corrected chi connectivity index (χ2v) is 3.27. The zero-order chi connectivity index (χ0) is 9.30. The summed E-state index contributed by atoms with van der Waals surface area (Å²) in [4.78, 5) is 0. The molecule has 0 saturated carbocycles. The molecule has 0 atom stereocenters. The van der Waals surface area contributed by atoms with Gasteiger partial charge < -0.3 is 10.2 Å². The quantitative estimate of drug-likeness (QED) is 0.580. The van der Waals surface area contributed by atoms with Crippen molar-refractivity contribution in [2.24, 2.45) is 0 Å². The van der Waals surface area contributed by atoms with E-state index in [1.807, 2.05) is 19.9 Å². The highest BCUT2D eigenvalue weighted by molar-refractivity contribution is 5.43. The molecule has 1 aliphatic carbocycles. The van der Waals surface area contributed by atoms with Crippen LogP contribution < -0.4 is 0 Å². The van der Waals surface area contributed by atoms with Crippen molar-refractivity contribution >= 4 is 0 Å². The maximum Gasteiger partial charge on any atom is 0.161 e. The topological polar surface area (TPSA) is 40.5 Å². The van der Waals surface area contributed by atoms with Gasteiger partial charge in [-0.25, -0.2) is 0 Å². The summed E-state index contributed by atoms with van der Waals surface area (Å²) < 4.78 is 0. The molecule has 12 heavy (non-hydrogen) atoms. The molecule has 1 aliphatic rings. The van der Waals surface area contributed by atoms with E-state index in [1.165, 1.54) is 0 Å². The van der Waals surface area contributed by atoms with Crippen LogP contribution in [0.4, 0.5) is 0 Å². The highest BCUT2D eigenvalue weighted by atomic mass is 16.3. The van der Waals surface area contributed by atoms with Gasteiger partial charge in [0.15, 0.2) is 11.5 Å². The third kappa shape index (κ3) is 1.37. The van der Waals surface area contributed by atoms with E-state index in [1.54, 1.807) is 6.92 Å². The minimum atomic E-state index is 0.0115. The van der Waals surface area contributed by atoms with Crippen molar-refractivity contribution in [1.82, 2.24) is 0 Å². The summed E-state index contributed by atoms with van der Waals surface area (Å²) in [6.07, 6.45) is 2.63. The van der Waals surface area contributed by atoms with E-state index in [-0.39, 0.29) is 11.5 Å². The lowest BCUT2D eigenvalue weighted by Gasteiger charge is -2.15. The van der Waals surface area contributed by atoms with E-state index >= 15 is 0 Å². The summed E-state index contributed by atoms with van der Waals surface area (Å²) >= 11 is 0. The van der Waals surface area contributed by atoms with Crippen LogP contribution in [0.1, 0.15) is 27.2 Å². The maximum absolute atomic E-state index is 9.51. The van der Waals surface area contributed by atoms with Crippen LogP contribution in [0.2, 0.25) is 0 Å². The Hall–Kier alpha value is -1.18. The van der Waals surface area contributed by atoms with Crippen LogP contribution >= 0.6 is 0 Å². The maximum atomic E-state index is 9.51. The summed E-state index contributed by atoms with van der Waals surface area (Å²) in [5.74, 6) is 0.0486. The Balaban J connectivity index is 3.16. The molecule has 0 bridgehead atoms. The molecule has 0 spiro atoms. The van der Waals surface area contributed by atoms with Gasteiger partial charge >= 0.3 is 0 Å². The zero-order valence-electron chi connectivity index (χ0n) is 7.68. The van der Waals surface area contributed by atoms with Crippen LogP contribution in [-0.2, 0) is 0 Å². The second kappa shape index (κ2) is 3.05. The van der Waals surface area contributed by atoms with Gasteiger partial charge in [0.2, 0.25) is 0 Å². The first-order chi connectivity index (χ1) is 5.54. The Morgan fingerprint density at radius 2 is 1.83 bits per heavy atom. The fourth-order valence-electron chi connectivity index (χ4n) is 1.22. The first kappa shape index (κ1) is 8.91. The molecular weight excluding hydrogens is 152 g/mol. The Bertz CT molecular complexity index is 289. The predicted molar refractivity (Wildman–Crippen MR) is 49.0 cm³/mol. The summed E-state index contributed by atoms with van der Waals surface area (Å²) in [5.41, 5.74) is 2.62. The smallest absolute Gasteiger partial charge is 0.161 e. The molecule has 0 heterocycles. The van der Waals surface area contributed by atoms with Crippen molar-refractivity contribution in [2.45, 2.75) is 27.2 Å².